The van der Waals surface area contributed by atoms with Crippen LogP contribution in [0, 0.1) is 11.7 Å². The van der Waals surface area contributed by atoms with E-state index in [-0.39, 0.29) is 48.5 Å². The van der Waals surface area contributed by atoms with E-state index in [0.29, 0.717) is 36.7 Å². The van der Waals surface area contributed by atoms with Gasteiger partial charge in [-0.25, -0.2) is 4.39 Å². The molecule has 2 aliphatic heterocycles. The number of hydrogen-bond donors (Lipinski definition) is 1. The summed E-state index contributed by atoms with van der Waals surface area (Å²) in [6, 6.07) is 11.3. The molecule has 1 fully saturated rings. The van der Waals surface area contributed by atoms with E-state index in [4.69, 9.17) is 9.47 Å². The molecule has 7 nitrogen and oxygen atoms in total. The Kier molecular flexibility index (Phi) is 6.91. The number of piperidine rings is 1. The number of nitrogens with one attached hydrogen (secondary N) is 1. The molecular formula is C25H27FN2O5. The lowest BCUT2D eigenvalue weighted by atomic mass is 9.78. The zero-order chi connectivity index (χ0) is 23.4. The topological polar surface area (TPSA) is 84.9 Å². The normalized spacial score (nSPS) is 16.9. The number of fused-ring (bicyclic) bond motifs is 1. The molecule has 174 valence electrons. The highest BCUT2D eigenvalue weighted by Gasteiger charge is 2.32. The lowest BCUT2D eigenvalue weighted by Crippen LogP contribution is -2.40. The summed E-state index contributed by atoms with van der Waals surface area (Å²) < 4.78 is 24.0. The first kappa shape index (κ1) is 22.8. The summed E-state index contributed by atoms with van der Waals surface area (Å²) in [5, 5.41) is 2.72. The van der Waals surface area contributed by atoms with E-state index in [1.807, 2.05) is 0 Å². The minimum atomic E-state index is -0.317. The van der Waals surface area contributed by atoms with Gasteiger partial charge >= 0.3 is 5.97 Å². The van der Waals surface area contributed by atoms with Crippen LogP contribution < -0.4 is 10.1 Å². The third-order valence-electron chi connectivity index (χ3n) is 6.25. The minimum Gasteiger partial charge on any atom is -0.482 e. The van der Waals surface area contributed by atoms with Gasteiger partial charge < -0.3 is 19.7 Å². The molecule has 0 saturated carbocycles. The van der Waals surface area contributed by atoms with Gasteiger partial charge in [0.1, 0.15) is 11.6 Å². The predicted octanol–water partition coefficient (Wildman–Crippen LogP) is 3.75. The molecule has 1 N–H and O–H groups in total. The van der Waals surface area contributed by atoms with Gasteiger partial charge in [0, 0.05) is 18.7 Å². The highest BCUT2D eigenvalue weighted by molar-refractivity contribution is 5.99. The Bertz CT molecular complexity index is 1030. The Labute approximate surface area is 191 Å². The summed E-state index contributed by atoms with van der Waals surface area (Å²) in [5.41, 5.74) is 1.97. The first-order valence-electron chi connectivity index (χ1n) is 11.2. The van der Waals surface area contributed by atoms with E-state index in [0.717, 1.165) is 18.4 Å². The van der Waals surface area contributed by atoms with Crippen molar-refractivity contribution < 1.29 is 28.2 Å². The molecule has 2 aromatic carbocycles. The maximum atomic E-state index is 13.4. The summed E-state index contributed by atoms with van der Waals surface area (Å²) >= 11 is 0. The minimum absolute atomic E-state index is 0.0682. The molecule has 2 aliphatic rings. The van der Waals surface area contributed by atoms with Crippen LogP contribution in [0.15, 0.2) is 42.5 Å². The van der Waals surface area contributed by atoms with Crippen LogP contribution in [-0.2, 0) is 14.3 Å². The standard InChI is InChI=1S/C25H27FN2O5/c1-2-32-24(30)14-20(16-3-6-19(26)7-4-16)17-9-11-28(12-10-17)25(31)18-5-8-21-22(13-18)33-15-23(29)27-21/h3-8,13,17,20H,2,9-12,14-15H2,1H3,(H,27,29)/t20-/m0/s1. The fourth-order valence-electron chi connectivity index (χ4n) is 4.56. The number of likely N-dealkylation sites (tertiary alicyclic amines) is 1. The van der Waals surface area contributed by atoms with Gasteiger partial charge in [-0.05, 0) is 67.5 Å². The molecule has 0 aromatic heterocycles. The second kappa shape index (κ2) is 10.0. The van der Waals surface area contributed by atoms with Crippen LogP contribution in [0.4, 0.5) is 10.1 Å². The van der Waals surface area contributed by atoms with Crippen LogP contribution in [0.25, 0.3) is 0 Å². The Morgan fingerprint density at radius 2 is 1.91 bits per heavy atom. The number of halogens is 1. The van der Waals surface area contributed by atoms with Crippen molar-refractivity contribution in [3.63, 3.8) is 0 Å². The molecule has 2 amide bonds. The van der Waals surface area contributed by atoms with Gasteiger partial charge in [0.25, 0.3) is 11.8 Å². The first-order chi connectivity index (χ1) is 15.9. The molecule has 0 radical (unpaired) electrons. The summed E-state index contributed by atoms with van der Waals surface area (Å²) in [4.78, 5) is 38.5. The number of benzene rings is 2. The van der Waals surface area contributed by atoms with Crippen molar-refractivity contribution in [2.24, 2.45) is 5.92 Å². The SMILES string of the molecule is CCOC(=O)C[C@@H](c1ccc(F)cc1)C1CCN(C(=O)c2ccc3c(c2)OCC(=O)N3)CC1. The van der Waals surface area contributed by atoms with Crippen molar-refractivity contribution in [3.05, 3.63) is 59.4 Å². The van der Waals surface area contributed by atoms with Crippen molar-refractivity contribution in [2.45, 2.75) is 32.1 Å². The number of hydrogen-bond acceptors (Lipinski definition) is 5. The highest BCUT2D eigenvalue weighted by Crippen LogP contribution is 2.36. The molecule has 0 spiro atoms. The van der Waals surface area contributed by atoms with Crippen LogP contribution in [0.1, 0.15) is 48.0 Å². The third kappa shape index (κ3) is 5.32. The number of anilines is 1. The molecule has 0 aliphatic carbocycles. The fraction of sp³-hybridized carbons (Fsp3) is 0.400. The molecule has 1 saturated heterocycles. The van der Waals surface area contributed by atoms with Crippen molar-refractivity contribution in [3.8, 4) is 5.75 Å². The molecule has 4 rings (SSSR count). The average molecular weight is 454 g/mol. The van der Waals surface area contributed by atoms with E-state index in [1.54, 1.807) is 42.2 Å². The average Bonchev–Trinajstić information content (AvgIpc) is 2.83. The van der Waals surface area contributed by atoms with Crippen molar-refractivity contribution in [1.82, 2.24) is 4.90 Å². The number of ether oxygens (including phenoxy) is 2. The third-order valence-corrected chi connectivity index (χ3v) is 6.25. The summed E-state index contributed by atoms with van der Waals surface area (Å²) in [6.45, 7) is 3.13. The monoisotopic (exact) mass is 454 g/mol. The van der Waals surface area contributed by atoms with Crippen LogP contribution in [0.2, 0.25) is 0 Å². The molecule has 0 unspecified atom stereocenters. The second-order valence-electron chi connectivity index (χ2n) is 8.34. The van der Waals surface area contributed by atoms with Gasteiger partial charge in [-0.3, -0.25) is 14.4 Å². The van der Waals surface area contributed by atoms with Gasteiger partial charge in [0.15, 0.2) is 6.61 Å². The first-order valence-corrected chi connectivity index (χ1v) is 11.2. The second-order valence-corrected chi connectivity index (χ2v) is 8.34. The molecule has 2 aromatic rings. The largest absolute Gasteiger partial charge is 0.482 e. The van der Waals surface area contributed by atoms with E-state index in [2.05, 4.69) is 5.32 Å². The molecule has 0 bridgehead atoms. The maximum Gasteiger partial charge on any atom is 0.306 e. The number of esters is 1. The Morgan fingerprint density at radius 1 is 1.18 bits per heavy atom. The van der Waals surface area contributed by atoms with E-state index in [1.165, 1.54) is 12.1 Å². The molecule has 2 heterocycles. The lowest BCUT2D eigenvalue weighted by molar-refractivity contribution is -0.144. The van der Waals surface area contributed by atoms with Crippen molar-refractivity contribution in [2.75, 3.05) is 31.6 Å². The number of amides is 2. The van der Waals surface area contributed by atoms with Crippen LogP contribution >= 0.6 is 0 Å². The quantitative estimate of drug-likeness (QED) is 0.672. The van der Waals surface area contributed by atoms with Gasteiger partial charge in [-0.2, -0.15) is 0 Å². The summed E-state index contributed by atoms with van der Waals surface area (Å²) in [6.07, 6.45) is 1.68. The van der Waals surface area contributed by atoms with Gasteiger partial charge in [-0.15, -0.1) is 0 Å². The zero-order valence-corrected chi connectivity index (χ0v) is 18.5. The van der Waals surface area contributed by atoms with Crippen molar-refractivity contribution in [1.29, 1.82) is 0 Å². The zero-order valence-electron chi connectivity index (χ0n) is 18.5. The lowest BCUT2D eigenvalue weighted by Gasteiger charge is -2.36. The smallest absolute Gasteiger partial charge is 0.306 e. The summed E-state index contributed by atoms with van der Waals surface area (Å²) in [5.74, 6) is -0.341. The number of rotatable bonds is 6. The van der Waals surface area contributed by atoms with E-state index >= 15 is 0 Å². The van der Waals surface area contributed by atoms with Crippen LogP contribution in [0.5, 0.6) is 5.75 Å². The molecule has 33 heavy (non-hydrogen) atoms. The number of nitrogens with zero attached hydrogens (tertiary/aromatic N) is 1. The maximum absolute atomic E-state index is 13.4. The van der Waals surface area contributed by atoms with Gasteiger partial charge in [0.05, 0.1) is 18.7 Å². The Morgan fingerprint density at radius 3 is 2.61 bits per heavy atom. The van der Waals surface area contributed by atoms with Crippen molar-refractivity contribution >= 4 is 23.5 Å². The van der Waals surface area contributed by atoms with Gasteiger partial charge in [0.2, 0.25) is 0 Å². The van der Waals surface area contributed by atoms with E-state index in [9.17, 15) is 18.8 Å². The Hall–Kier alpha value is -3.42. The molecule has 1 atom stereocenters. The number of carbonyl (C=O) groups excluding carboxylic acids is 3. The van der Waals surface area contributed by atoms with Gasteiger partial charge in [-0.1, -0.05) is 12.1 Å². The Balaban J connectivity index is 1.43. The molecular weight excluding hydrogens is 427 g/mol. The highest BCUT2D eigenvalue weighted by atomic mass is 19.1. The predicted molar refractivity (Wildman–Crippen MR) is 120 cm³/mol. The number of carbonyl (C=O) groups is 3. The fourth-order valence-corrected chi connectivity index (χ4v) is 4.56. The summed E-state index contributed by atoms with van der Waals surface area (Å²) in [7, 11) is 0. The van der Waals surface area contributed by atoms with E-state index < -0.39 is 0 Å². The molecule has 8 heteroatoms. The van der Waals surface area contributed by atoms with Crippen LogP contribution in [-0.4, -0.2) is 49.0 Å². The van der Waals surface area contributed by atoms with Crippen LogP contribution in [0.3, 0.4) is 0 Å².